The van der Waals surface area contributed by atoms with Crippen LogP contribution in [-0.4, -0.2) is 43.1 Å². The van der Waals surface area contributed by atoms with Gasteiger partial charge in [0.2, 0.25) is 5.91 Å². The molecule has 1 heterocycles. The van der Waals surface area contributed by atoms with Crippen LogP contribution in [0.1, 0.15) is 37.7 Å². The molecule has 0 aromatic heterocycles. The number of nitrogens with one attached hydrogen (secondary N) is 1. The summed E-state index contributed by atoms with van der Waals surface area (Å²) in [5, 5.41) is 12.4. The fourth-order valence-corrected chi connectivity index (χ4v) is 4.06. The Morgan fingerprint density at radius 1 is 1.28 bits per heavy atom. The first-order chi connectivity index (χ1) is 11.8. The standard InChI is InChI=1S/C19H27NO4S/c1-25(23,24)18(9-5-8-16-10-13-19(22)20-16)12-11-17(21)14-15-6-3-2-4-7-15/h2-4,6-7,11-12,16-18,21H,5,8-10,13-14H2,1H3,(H,20,22)/b12-11+/t16-,17?,18?/m1/s1. The minimum absolute atomic E-state index is 0.0774. The molecule has 0 radical (unpaired) electrons. The molecule has 1 saturated heterocycles. The van der Waals surface area contributed by atoms with Crippen molar-refractivity contribution in [2.24, 2.45) is 0 Å². The Morgan fingerprint density at radius 3 is 2.60 bits per heavy atom. The van der Waals surface area contributed by atoms with Gasteiger partial charge in [-0.1, -0.05) is 42.5 Å². The number of aliphatic hydroxyl groups is 1. The number of aliphatic hydroxyl groups excluding tert-OH is 1. The van der Waals surface area contributed by atoms with E-state index >= 15 is 0 Å². The number of carbonyl (C=O) groups is 1. The summed E-state index contributed by atoms with van der Waals surface area (Å²) in [7, 11) is -3.23. The molecule has 6 heteroatoms. The molecule has 1 aromatic carbocycles. The largest absolute Gasteiger partial charge is 0.389 e. The van der Waals surface area contributed by atoms with Gasteiger partial charge in [-0.15, -0.1) is 0 Å². The van der Waals surface area contributed by atoms with E-state index in [-0.39, 0.29) is 11.9 Å². The third-order valence-electron chi connectivity index (χ3n) is 4.51. The van der Waals surface area contributed by atoms with Gasteiger partial charge in [0, 0.05) is 25.1 Å². The highest BCUT2D eigenvalue weighted by Crippen LogP contribution is 2.17. The van der Waals surface area contributed by atoms with Crippen molar-refractivity contribution >= 4 is 15.7 Å². The molecule has 1 fully saturated rings. The summed E-state index contributed by atoms with van der Waals surface area (Å²) in [6, 6.07) is 9.76. The zero-order valence-corrected chi connectivity index (χ0v) is 15.4. The van der Waals surface area contributed by atoms with Crippen LogP contribution in [0.2, 0.25) is 0 Å². The Bertz CT molecular complexity index is 685. The maximum absolute atomic E-state index is 12.0. The van der Waals surface area contributed by atoms with Crippen molar-refractivity contribution in [1.29, 1.82) is 0 Å². The minimum atomic E-state index is -3.23. The van der Waals surface area contributed by atoms with E-state index in [2.05, 4.69) is 5.32 Å². The maximum Gasteiger partial charge on any atom is 0.220 e. The van der Waals surface area contributed by atoms with Crippen molar-refractivity contribution in [3.63, 3.8) is 0 Å². The van der Waals surface area contributed by atoms with Crippen LogP contribution in [0.3, 0.4) is 0 Å². The number of benzene rings is 1. The summed E-state index contributed by atoms with van der Waals surface area (Å²) >= 11 is 0. The lowest BCUT2D eigenvalue weighted by Crippen LogP contribution is -2.26. The number of amides is 1. The Kier molecular flexibility index (Phi) is 7.20. The van der Waals surface area contributed by atoms with Gasteiger partial charge in [0.25, 0.3) is 0 Å². The second kappa shape index (κ2) is 9.15. The molecule has 1 aromatic rings. The number of carbonyl (C=O) groups excluding carboxylic acids is 1. The maximum atomic E-state index is 12.0. The summed E-state index contributed by atoms with van der Waals surface area (Å²) in [5.41, 5.74) is 1.01. The van der Waals surface area contributed by atoms with Crippen LogP contribution in [0.5, 0.6) is 0 Å². The zero-order valence-electron chi connectivity index (χ0n) is 14.6. The van der Waals surface area contributed by atoms with Crippen molar-refractivity contribution < 1.29 is 18.3 Å². The Balaban J connectivity index is 1.85. The van der Waals surface area contributed by atoms with Gasteiger partial charge in [0.1, 0.15) is 0 Å². The minimum Gasteiger partial charge on any atom is -0.389 e. The van der Waals surface area contributed by atoms with E-state index in [0.29, 0.717) is 19.3 Å². The Hall–Kier alpha value is -1.66. The Labute approximate surface area is 150 Å². The van der Waals surface area contributed by atoms with E-state index in [9.17, 15) is 18.3 Å². The molecule has 25 heavy (non-hydrogen) atoms. The molecule has 0 aliphatic carbocycles. The number of sulfone groups is 1. The molecular formula is C19H27NO4S. The van der Waals surface area contributed by atoms with Crippen LogP contribution in [-0.2, 0) is 21.1 Å². The monoisotopic (exact) mass is 365 g/mol. The zero-order chi connectivity index (χ0) is 18.3. The molecule has 1 amide bonds. The van der Waals surface area contributed by atoms with E-state index in [4.69, 9.17) is 0 Å². The quantitative estimate of drug-likeness (QED) is 0.656. The van der Waals surface area contributed by atoms with Gasteiger partial charge in [-0.25, -0.2) is 8.42 Å². The van der Waals surface area contributed by atoms with Crippen molar-refractivity contribution in [1.82, 2.24) is 5.32 Å². The molecule has 2 rings (SSSR count). The molecular weight excluding hydrogens is 338 g/mol. The molecule has 0 spiro atoms. The van der Waals surface area contributed by atoms with E-state index in [1.807, 2.05) is 30.3 Å². The van der Waals surface area contributed by atoms with Gasteiger partial charge >= 0.3 is 0 Å². The van der Waals surface area contributed by atoms with E-state index in [1.165, 1.54) is 6.26 Å². The first-order valence-corrected chi connectivity index (χ1v) is 10.7. The van der Waals surface area contributed by atoms with Gasteiger partial charge in [-0.05, 0) is 31.2 Å². The van der Waals surface area contributed by atoms with Crippen molar-refractivity contribution in [3.05, 3.63) is 48.0 Å². The first-order valence-electron chi connectivity index (χ1n) is 8.73. The molecule has 2 N–H and O–H groups in total. The van der Waals surface area contributed by atoms with Crippen molar-refractivity contribution in [2.75, 3.05) is 6.26 Å². The molecule has 0 bridgehead atoms. The predicted octanol–water partition coefficient (Wildman–Crippen LogP) is 2.01. The van der Waals surface area contributed by atoms with Crippen LogP contribution in [0.15, 0.2) is 42.5 Å². The lowest BCUT2D eigenvalue weighted by atomic mass is 10.0. The molecule has 2 unspecified atom stereocenters. The number of hydrogen-bond acceptors (Lipinski definition) is 4. The van der Waals surface area contributed by atoms with Crippen LogP contribution in [0.25, 0.3) is 0 Å². The van der Waals surface area contributed by atoms with Crippen LogP contribution in [0, 0.1) is 0 Å². The number of hydrogen-bond donors (Lipinski definition) is 2. The third-order valence-corrected chi connectivity index (χ3v) is 6.00. The SMILES string of the molecule is CS(=O)(=O)C(/C=C/C(O)Cc1ccccc1)CCC[C@@H]1CCC(=O)N1. The molecule has 0 saturated carbocycles. The number of rotatable bonds is 9. The third kappa shape index (κ3) is 7.00. The summed E-state index contributed by atoms with van der Waals surface area (Å²) < 4.78 is 24.0. The van der Waals surface area contributed by atoms with Crippen LogP contribution >= 0.6 is 0 Å². The van der Waals surface area contributed by atoms with Gasteiger partial charge in [0.15, 0.2) is 9.84 Å². The van der Waals surface area contributed by atoms with Gasteiger partial charge < -0.3 is 10.4 Å². The lowest BCUT2D eigenvalue weighted by molar-refractivity contribution is -0.119. The van der Waals surface area contributed by atoms with Gasteiger partial charge in [-0.3, -0.25) is 4.79 Å². The summed E-state index contributed by atoms with van der Waals surface area (Å²) in [6.07, 6.45) is 7.57. The van der Waals surface area contributed by atoms with Crippen LogP contribution < -0.4 is 5.32 Å². The highest BCUT2D eigenvalue weighted by molar-refractivity contribution is 7.91. The summed E-state index contributed by atoms with van der Waals surface area (Å²) in [4.78, 5) is 11.2. The fraction of sp³-hybridized carbons (Fsp3) is 0.526. The molecule has 5 nitrogen and oxygen atoms in total. The van der Waals surface area contributed by atoms with E-state index in [0.717, 1.165) is 24.8 Å². The summed E-state index contributed by atoms with van der Waals surface area (Å²) in [6.45, 7) is 0. The van der Waals surface area contributed by atoms with Gasteiger partial charge in [-0.2, -0.15) is 0 Å². The fourth-order valence-electron chi connectivity index (χ4n) is 3.09. The van der Waals surface area contributed by atoms with Crippen molar-refractivity contribution in [2.45, 2.75) is 55.9 Å². The highest BCUT2D eigenvalue weighted by atomic mass is 32.2. The normalized spacial score (nSPS) is 20.6. The van der Waals surface area contributed by atoms with Crippen molar-refractivity contribution in [3.8, 4) is 0 Å². The Morgan fingerprint density at radius 2 is 2.00 bits per heavy atom. The smallest absolute Gasteiger partial charge is 0.220 e. The topological polar surface area (TPSA) is 83.5 Å². The van der Waals surface area contributed by atoms with E-state index in [1.54, 1.807) is 12.2 Å². The van der Waals surface area contributed by atoms with E-state index < -0.39 is 21.2 Å². The lowest BCUT2D eigenvalue weighted by Gasteiger charge is -2.14. The van der Waals surface area contributed by atoms with Crippen LogP contribution in [0.4, 0.5) is 0 Å². The highest BCUT2D eigenvalue weighted by Gasteiger charge is 2.22. The average molecular weight is 365 g/mol. The molecule has 1 aliphatic rings. The molecule has 1 aliphatic heterocycles. The van der Waals surface area contributed by atoms with Gasteiger partial charge in [0.05, 0.1) is 11.4 Å². The molecule has 138 valence electrons. The predicted molar refractivity (Wildman–Crippen MR) is 98.9 cm³/mol. The second-order valence-corrected chi connectivity index (χ2v) is 9.01. The average Bonchev–Trinajstić information content (AvgIpc) is 2.96. The molecule has 3 atom stereocenters. The first kappa shape index (κ1) is 19.7. The second-order valence-electron chi connectivity index (χ2n) is 6.74. The summed E-state index contributed by atoms with van der Waals surface area (Å²) in [5.74, 6) is 0.0774.